The minimum absolute atomic E-state index is 0.241. The second-order valence-corrected chi connectivity index (χ2v) is 5.69. The average molecular weight is 309 g/mol. The third-order valence-electron chi connectivity index (χ3n) is 4.04. The first-order chi connectivity index (χ1) is 10.3. The van der Waals surface area contributed by atoms with Gasteiger partial charge in [0.05, 0.1) is 0 Å². The lowest BCUT2D eigenvalue weighted by Crippen LogP contribution is -2.51. The molecule has 2 rings (SSSR count). The normalized spacial score (nSPS) is 21.6. The van der Waals surface area contributed by atoms with Gasteiger partial charge < -0.3 is 10.0 Å². The van der Waals surface area contributed by atoms with Gasteiger partial charge in [0.15, 0.2) is 0 Å². The summed E-state index contributed by atoms with van der Waals surface area (Å²) in [7, 11) is 1.33. The fraction of sp³-hybridized carbons (Fsp3) is 0.571. The van der Waals surface area contributed by atoms with Crippen molar-refractivity contribution in [1.29, 1.82) is 0 Å². The van der Waals surface area contributed by atoms with E-state index in [9.17, 15) is 24.3 Å². The Hall–Kier alpha value is -2.38. The quantitative estimate of drug-likeness (QED) is 0.792. The van der Waals surface area contributed by atoms with Crippen LogP contribution in [-0.2, 0) is 23.2 Å². The monoisotopic (exact) mass is 309 g/mol. The van der Waals surface area contributed by atoms with Crippen LogP contribution in [0.3, 0.4) is 0 Å². The Morgan fingerprint density at radius 2 is 2.05 bits per heavy atom. The van der Waals surface area contributed by atoms with E-state index in [4.69, 9.17) is 0 Å². The predicted octanol–water partition coefficient (Wildman–Crippen LogP) is -0.741. The molecule has 8 nitrogen and oxygen atoms in total. The minimum atomic E-state index is -1.03. The summed E-state index contributed by atoms with van der Waals surface area (Å²) in [6, 6.07) is 0.334. The third kappa shape index (κ3) is 3.10. The van der Waals surface area contributed by atoms with E-state index in [-0.39, 0.29) is 12.5 Å². The van der Waals surface area contributed by atoms with Crippen LogP contribution in [0.1, 0.15) is 19.8 Å². The van der Waals surface area contributed by atoms with E-state index < -0.39 is 29.2 Å². The van der Waals surface area contributed by atoms with Gasteiger partial charge in [0.25, 0.3) is 5.56 Å². The first kappa shape index (κ1) is 16.0. The van der Waals surface area contributed by atoms with Gasteiger partial charge in [-0.15, -0.1) is 0 Å². The summed E-state index contributed by atoms with van der Waals surface area (Å²) < 4.78 is 2.01. The lowest BCUT2D eigenvalue weighted by atomic mass is 9.92. The second-order valence-electron chi connectivity index (χ2n) is 5.69. The first-order valence-electron chi connectivity index (χ1n) is 7.10. The highest BCUT2D eigenvalue weighted by atomic mass is 16.4. The molecule has 0 bridgehead atoms. The molecule has 8 heteroatoms. The molecule has 0 aliphatic carbocycles. The highest BCUT2D eigenvalue weighted by Gasteiger charge is 2.34. The van der Waals surface area contributed by atoms with Gasteiger partial charge in [0.1, 0.15) is 12.6 Å². The summed E-state index contributed by atoms with van der Waals surface area (Å²) >= 11 is 0. The smallest absolute Gasteiger partial charge is 0.331 e. The Balaban J connectivity index is 2.21. The fourth-order valence-electron chi connectivity index (χ4n) is 2.65. The maximum absolute atomic E-state index is 12.4. The van der Waals surface area contributed by atoms with Crippen molar-refractivity contribution in [2.24, 2.45) is 13.0 Å². The van der Waals surface area contributed by atoms with Crippen LogP contribution in [0.5, 0.6) is 0 Å². The molecule has 0 aromatic carbocycles. The zero-order valence-corrected chi connectivity index (χ0v) is 12.6. The molecule has 22 heavy (non-hydrogen) atoms. The molecule has 1 aliphatic rings. The maximum atomic E-state index is 12.4. The summed E-state index contributed by atoms with van der Waals surface area (Å²) in [4.78, 5) is 48.2. The van der Waals surface area contributed by atoms with Gasteiger partial charge in [0.2, 0.25) is 5.91 Å². The number of carbonyl (C=O) groups is 2. The molecule has 2 unspecified atom stereocenters. The van der Waals surface area contributed by atoms with Crippen LogP contribution in [-0.4, -0.2) is 43.6 Å². The van der Waals surface area contributed by atoms with Crippen molar-refractivity contribution in [2.45, 2.75) is 32.4 Å². The topological polar surface area (TPSA) is 102 Å². The number of hydrogen-bond donors (Lipinski definition) is 1. The molecule has 0 radical (unpaired) electrons. The summed E-state index contributed by atoms with van der Waals surface area (Å²) in [6.07, 6.45) is 2.39. The van der Waals surface area contributed by atoms with Crippen LogP contribution in [0.2, 0.25) is 0 Å². The number of carbonyl (C=O) groups excluding carboxylic acids is 1. The number of hydrogen-bond acceptors (Lipinski definition) is 4. The van der Waals surface area contributed by atoms with Gasteiger partial charge in [-0.05, 0) is 18.8 Å². The van der Waals surface area contributed by atoms with Crippen LogP contribution >= 0.6 is 0 Å². The minimum Gasteiger partial charge on any atom is -0.480 e. The lowest BCUT2D eigenvalue weighted by molar-refractivity contribution is -0.153. The van der Waals surface area contributed by atoms with Gasteiger partial charge in [-0.3, -0.25) is 18.7 Å². The Morgan fingerprint density at radius 3 is 2.68 bits per heavy atom. The Kier molecular flexibility index (Phi) is 4.48. The molecule has 1 saturated heterocycles. The zero-order chi connectivity index (χ0) is 16.4. The van der Waals surface area contributed by atoms with Gasteiger partial charge in [0, 0.05) is 25.9 Å². The van der Waals surface area contributed by atoms with E-state index in [1.54, 1.807) is 0 Å². The molecule has 1 aromatic rings. The molecule has 2 atom stereocenters. The molecular formula is C14H19N3O5. The summed E-state index contributed by atoms with van der Waals surface area (Å²) in [6.45, 7) is 2.04. The van der Waals surface area contributed by atoms with Crippen LogP contribution in [0.15, 0.2) is 21.9 Å². The van der Waals surface area contributed by atoms with Crippen molar-refractivity contribution in [3.05, 3.63) is 33.1 Å². The summed E-state index contributed by atoms with van der Waals surface area (Å²) in [5, 5.41) is 9.27. The average Bonchev–Trinajstić information content (AvgIpc) is 2.47. The van der Waals surface area contributed by atoms with Gasteiger partial charge in [-0.1, -0.05) is 6.92 Å². The van der Waals surface area contributed by atoms with Crippen LogP contribution < -0.4 is 11.2 Å². The largest absolute Gasteiger partial charge is 0.480 e. The molecule has 1 aromatic heterocycles. The second kappa shape index (κ2) is 6.17. The Bertz CT molecular complexity index is 705. The van der Waals surface area contributed by atoms with Crippen LogP contribution in [0, 0.1) is 5.92 Å². The van der Waals surface area contributed by atoms with Crippen molar-refractivity contribution in [1.82, 2.24) is 14.0 Å². The maximum Gasteiger partial charge on any atom is 0.331 e. The standard InChI is InChI=1S/C14H19N3O5/c1-9-3-6-17(10(7-9)13(20)21)12(19)8-16-5-4-11(18)15(2)14(16)22/h4-5,9-10H,3,6-8H2,1-2H3,(H,20,21). The highest BCUT2D eigenvalue weighted by molar-refractivity contribution is 5.83. The highest BCUT2D eigenvalue weighted by Crippen LogP contribution is 2.22. The molecular weight excluding hydrogens is 290 g/mol. The molecule has 0 spiro atoms. The molecule has 1 amide bonds. The van der Waals surface area contributed by atoms with Gasteiger partial charge >= 0.3 is 11.7 Å². The van der Waals surface area contributed by atoms with E-state index in [1.165, 1.54) is 24.2 Å². The SMILES string of the molecule is CC1CCN(C(=O)Cn2ccc(=O)n(C)c2=O)C(C(=O)O)C1. The van der Waals surface area contributed by atoms with E-state index in [1.807, 2.05) is 6.92 Å². The molecule has 0 saturated carbocycles. The number of carboxylic acids is 1. The van der Waals surface area contributed by atoms with Crippen molar-refractivity contribution in [2.75, 3.05) is 6.54 Å². The molecule has 1 aliphatic heterocycles. The summed E-state index contributed by atoms with van der Waals surface area (Å²) in [5.74, 6) is -1.22. The molecule has 1 N–H and O–H groups in total. The molecule has 120 valence electrons. The van der Waals surface area contributed by atoms with Gasteiger partial charge in [-0.2, -0.15) is 0 Å². The number of amides is 1. The zero-order valence-electron chi connectivity index (χ0n) is 12.6. The van der Waals surface area contributed by atoms with Crippen LogP contribution in [0.4, 0.5) is 0 Å². The van der Waals surface area contributed by atoms with E-state index >= 15 is 0 Å². The van der Waals surface area contributed by atoms with Crippen molar-refractivity contribution in [3.8, 4) is 0 Å². The number of rotatable bonds is 3. The number of aliphatic carboxylic acids is 1. The lowest BCUT2D eigenvalue weighted by Gasteiger charge is -2.36. The number of carboxylic acid groups (broad SMARTS) is 1. The van der Waals surface area contributed by atoms with Crippen LogP contribution in [0.25, 0.3) is 0 Å². The van der Waals surface area contributed by atoms with Crippen molar-refractivity contribution in [3.63, 3.8) is 0 Å². The number of nitrogens with zero attached hydrogens (tertiary/aromatic N) is 3. The Labute approximate surface area is 126 Å². The van der Waals surface area contributed by atoms with Crippen molar-refractivity contribution < 1.29 is 14.7 Å². The predicted molar refractivity (Wildman–Crippen MR) is 77.5 cm³/mol. The first-order valence-corrected chi connectivity index (χ1v) is 7.10. The summed E-state index contributed by atoms with van der Waals surface area (Å²) in [5.41, 5.74) is -1.05. The Morgan fingerprint density at radius 1 is 1.36 bits per heavy atom. The fourth-order valence-corrected chi connectivity index (χ4v) is 2.65. The van der Waals surface area contributed by atoms with Gasteiger partial charge in [-0.25, -0.2) is 9.59 Å². The number of piperidine rings is 1. The number of aromatic nitrogens is 2. The molecule has 1 fully saturated rings. The van der Waals surface area contributed by atoms with Crippen molar-refractivity contribution >= 4 is 11.9 Å². The third-order valence-corrected chi connectivity index (χ3v) is 4.04. The van der Waals surface area contributed by atoms with E-state index in [0.717, 1.165) is 15.6 Å². The molecule has 2 heterocycles. The number of likely N-dealkylation sites (tertiary alicyclic amines) is 1. The van der Waals surface area contributed by atoms with E-state index in [0.29, 0.717) is 13.0 Å². The van der Waals surface area contributed by atoms with E-state index in [2.05, 4.69) is 0 Å².